The zero-order valence-electron chi connectivity index (χ0n) is 11.4. The van der Waals surface area contributed by atoms with Gasteiger partial charge in [-0.2, -0.15) is 11.8 Å². The Hall–Kier alpha value is -0.780. The van der Waals surface area contributed by atoms with Gasteiger partial charge in [0.15, 0.2) is 0 Å². The van der Waals surface area contributed by atoms with Gasteiger partial charge in [-0.15, -0.1) is 0 Å². The molecule has 2 atom stereocenters. The van der Waals surface area contributed by atoms with Gasteiger partial charge in [0.1, 0.15) is 17.7 Å². The molecule has 2 saturated heterocycles. The normalized spacial score (nSPS) is 29.8. The van der Waals surface area contributed by atoms with Crippen molar-refractivity contribution in [2.75, 3.05) is 18.1 Å². The van der Waals surface area contributed by atoms with Gasteiger partial charge in [-0.05, 0) is 24.3 Å². The highest BCUT2D eigenvalue weighted by atomic mass is 32.2. The third kappa shape index (κ3) is 2.80. The van der Waals surface area contributed by atoms with Gasteiger partial charge in [0, 0.05) is 30.7 Å². The van der Waals surface area contributed by atoms with E-state index in [-0.39, 0.29) is 24.1 Å². The smallest absolute Gasteiger partial charge is 0.131 e. The van der Waals surface area contributed by atoms with Gasteiger partial charge in [0.05, 0.1) is 12.2 Å². The van der Waals surface area contributed by atoms with Gasteiger partial charge in [-0.25, -0.2) is 4.39 Å². The molecule has 1 aromatic rings. The van der Waals surface area contributed by atoms with Crippen LogP contribution in [0.2, 0.25) is 0 Å². The highest BCUT2D eigenvalue weighted by molar-refractivity contribution is 7.99. The number of hydrogen-bond donors (Lipinski definition) is 1. The summed E-state index contributed by atoms with van der Waals surface area (Å²) in [6.45, 7) is 0.880. The predicted molar refractivity (Wildman–Crippen MR) is 78.6 cm³/mol. The zero-order valence-corrected chi connectivity index (χ0v) is 12.3. The number of ether oxygens (including phenoxy) is 2. The molecule has 2 unspecified atom stereocenters. The largest absolute Gasteiger partial charge is 0.490 e. The lowest BCUT2D eigenvalue weighted by Gasteiger charge is -2.37. The first kappa shape index (κ1) is 14.2. The summed E-state index contributed by atoms with van der Waals surface area (Å²) >= 11 is 1.94. The van der Waals surface area contributed by atoms with E-state index in [1.807, 2.05) is 11.8 Å². The van der Waals surface area contributed by atoms with E-state index < -0.39 is 0 Å². The molecular weight excluding hydrogens is 277 g/mol. The van der Waals surface area contributed by atoms with Crippen molar-refractivity contribution in [2.45, 2.75) is 37.5 Å². The van der Waals surface area contributed by atoms with Crippen molar-refractivity contribution >= 4 is 11.8 Å². The Morgan fingerprint density at radius 2 is 2.40 bits per heavy atom. The number of rotatable bonds is 3. The fourth-order valence-corrected chi connectivity index (χ4v) is 4.35. The molecule has 20 heavy (non-hydrogen) atoms. The monoisotopic (exact) mass is 297 g/mol. The Morgan fingerprint density at radius 3 is 3.15 bits per heavy atom. The summed E-state index contributed by atoms with van der Waals surface area (Å²) in [5, 5.41) is 0. The second-order valence-electron chi connectivity index (χ2n) is 5.49. The van der Waals surface area contributed by atoms with Crippen molar-refractivity contribution in [2.24, 2.45) is 5.73 Å². The molecule has 0 bridgehead atoms. The minimum Gasteiger partial charge on any atom is -0.490 e. The van der Waals surface area contributed by atoms with Crippen molar-refractivity contribution in [1.29, 1.82) is 0 Å². The topological polar surface area (TPSA) is 44.5 Å². The Bertz CT molecular complexity index is 477. The van der Waals surface area contributed by atoms with Crippen LogP contribution in [0.3, 0.4) is 0 Å². The molecule has 2 aliphatic rings. The molecule has 0 aromatic heterocycles. The summed E-state index contributed by atoms with van der Waals surface area (Å²) in [5.41, 5.74) is 6.07. The molecule has 2 heterocycles. The van der Waals surface area contributed by atoms with Crippen LogP contribution in [0.15, 0.2) is 18.2 Å². The SMILES string of the molecule is NCc1c(F)cccc1OC1CCOC2(CCSC2)C1. The first-order chi connectivity index (χ1) is 9.72. The van der Waals surface area contributed by atoms with Crippen molar-refractivity contribution in [3.63, 3.8) is 0 Å². The van der Waals surface area contributed by atoms with Crippen LogP contribution in [0.25, 0.3) is 0 Å². The van der Waals surface area contributed by atoms with Crippen LogP contribution in [0.1, 0.15) is 24.8 Å². The standard InChI is InChI=1S/C15H20FNO2S/c16-13-2-1-3-14(12(13)9-17)19-11-4-6-18-15(8-11)5-7-20-10-15/h1-3,11H,4-10,17H2. The molecule has 1 aromatic carbocycles. The van der Waals surface area contributed by atoms with Gasteiger partial charge < -0.3 is 15.2 Å². The average Bonchev–Trinajstić information content (AvgIpc) is 2.87. The third-order valence-corrected chi connectivity index (χ3v) is 5.31. The second kappa shape index (κ2) is 5.92. The summed E-state index contributed by atoms with van der Waals surface area (Å²) in [7, 11) is 0. The fourth-order valence-electron chi connectivity index (χ4n) is 2.97. The maximum absolute atomic E-state index is 13.7. The van der Waals surface area contributed by atoms with Crippen LogP contribution >= 0.6 is 11.8 Å². The van der Waals surface area contributed by atoms with Crippen LogP contribution in [0.5, 0.6) is 5.75 Å². The molecule has 0 aliphatic carbocycles. The first-order valence-electron chi connectivity index (χ1n) is 7.08. The maximum atomic E-state index is 13.7. The molecule has 110 valence electrons. The lowest BCUT2D eigenvalue weighted by atomic mass is 9.91. The van der Waals surface area contributed by atoms with Crippen molar-refractivity contribution in [3.8, 4) is 5.75 Å². The van der Waals surface area contributed by atoms with E-state index in [4.69, 9.17) is 15.2 Å². The molecule has 0 saturated carbocycles. The Labute approximate surface area is 123 Å². The average molecular weight is 297 g/mol. The number of nitrogens with two attached hydrogens (primary N) is 1. The van der Waals surface area contributed by atoms with Crippen LogP contribution < -0.4 is 10.5 Å². The summed E-state index contributed by atoms with van der Waals surface area (Å²) in [4.78, 5) is 0. The lowest BCUT2D eigenvalue weighted by molar-refractivity contribution is -0.0960. The molecule has 0 amide bonds. The van der Waals surface area contributed by atoms with Crippen LogP contribution in [0.4, 0.5) is 4.39 Å². The Kier molecular flexibility index (Phi) is 4.19. The number of halogens is 1. The Balaban J connectivity index is 1.73. The summed E-state index contributed by atoms with van der Waals surface area (Å²) < 4.78 is 25.7. The van der Waals surface area contributed by atoms with E-state index in [2.05, 4.69) is 0 Å². The molecule has 3 nitrogen and oxygen atoms in total. The van der Waals surface area contributed by atoms with Crippen LogP contribution in [0, 0.1) is 5.82 Å². The minimum atomic E-state index is -0.289. The fraction of sp³-hybridized carbons (Fsp3) is 0.600. The van der Waals surface area contributed by atoms with E-state index in [1.165, 1.54) is 6.07 Å². The van der Waals surface area contributed by atoms with Gasteiger partial charge in [0.2, 0.25) is 0 Å². The quantitative estimate of drug-likeness (QED) is 0.931. The predicted octanol–water partition coefficient (Wildman–Crippen LogP) is 2.72. The molecule has 0 radical (unpaired) electrons. The van der Waals surface area contributed by atoms with E-state index in [0.29, 0.717) is 11.3 Å². The van der Waals surface area contributed by atoms with Gasteiger partial charge in [-0.1, -0.05) is 6.07 Å². The molecule has 2 fully saturated rings. The van der Waals surface area contributed by atoms with Crippen molar-refractivity contribution in [1.82, 2.24) is 0 Å². The maximum Gasteiger partial charge on any atom is 0.131 e. The first-order valence-corrected chi connectivity index (χ1v) is 8.24. The van der Waals surface area contributed by atoms with Crippen LogP contribution in [-0.4, -0.2) is 29.8 Å². The number of benzene rings is 1. The van der Waals surface area contributed by atoms with E-state index >= 15 is 0 Å². The highest BCUT2D eigenvalue weighted by Crippen LogP contribution is 2.39. The van der Waals surface area contributed by atoms with Crippen molar-refractivity contribution < 1.29 is 13.9 Å². The molecule has 5 heteroatoms. The third-order valence-electron chi connectivity index (χ3n) is 4.09. The molecule has 3 rings (SSSR count). The molecular formula is C15H20FNO2S. The van der Waals surface area contributed by atoms with E-state index in [1.54, 1.807) is 12.1 Å². The number of hydrogen-bond acceptors (Lipinski definition) is 4. The molecule has 1 spiro atoms. The second-order valence-corrected chi connectivity index (χ2v) is 6.59. The van der Waals surface area contributed by atoms with Gasteiger partial charge in [0.25, 0.3) is 0 Å². The van der Waals surface area contributed by atoms with Crippen LogP contribution in [-0.2, 0) is 11.3 Å². The van der Waals surface area contributed by atoms with Gasteiger partial charge in [-0.3, -0.25) is 0 Å². The Morgan fingerprint density at radius 1 is 1.50 bits per heavy atom. The summed E-state index contributed by atoms with van der Waals surface area (Å²) in [6.07, 6.45) is 2.92. The van der Waals surface area contributed by atoms with E-state index in [0.717, 1.165) is 37.4 Å². The summed E-state index contributed by atoms with van der Waals surface area (Å²) in [5.74, 6) is 2.49. The molecule has 2 aliphatic heterocycles. The zero-order chi connectivity index (χ0) is 14.0. The minimum absolute atomic E-state index is 0.0240. The van der Waals surface area contributed by atoms with Gasteiger partial charge >= 0.3 is 0 Å². The lowest BCUT2D eigenvalue weighted by Crippen LogP contribution is -2.44. The van der Waals surface area contributed by atoms with E-state index in [9.17, 15) is 4.39 Å². The summed E-state index contributed by atoms with van der Waals surface area (Å²) in [6, 6.07) is 4.90. The number of thioether (sulfide) groups is 1. The highest BCUT2D eigenvalue weighted by Gasteiger charge is 2.41. The van der Waals surface area contributed by atoms with Crippen molar-refractivity contribution in [3.05, 3.63) is 29.6 Å². The molecule has 2 N–H and O–H groups in total.